The lowest BCUT2D eigenvalue weighted by Crippen LogP contribution is -2.64. The first-order chi connectivity index (χ1) is 15.5. The summed E-state index contributed by atoms with van der Waals surface area (Å²) in [4.78, 5) is 2.87. The Labute approximate surface area is 206 Å². The van der Waals surface area contributed by atoms with Crippen molar-refractivity contribution in [2.45, 2.75) is 4.90 Å². The van der Waals surface area contributed by atoms with Gasteiger partial charge in [0.05, 0.1) is 33.5 Å². The highest BCUT2D eigenvalue weighted by Gasteiger charge is 2.35. The molecule has 1 aliphatic rings. The predicted octanol–water partition coefficient (Wildman–Crippen LogP) is 2.93. The molecule has 1 fully saturated rings. The van der Waals surface area contributed by atoms with Crippen LogP contribution in [0.5, 0.6) is 5.75 Å². The second kappa shape index (κ2) is 9.90. The Morgan fingerprint density at radius 2 is 1.88 bits per heavy atom. The normalized spacial score (nSPS) is 15.5. The van der Waals surface area contributed by atoms with Gasteiger partial charge in [-0.15, -0.1) is 0 Å². The quantitative estimate of drug-likeness (QED) is 0.0993. The summed E-state index contributed by atoms with van der Waals surface area (Å²) in [6.07, 6.45) is 1.80. The molecule has 2 aromatic carbocycles. The number of benzene rings is 2. The fourth-order valence-corrected chi connectivity index (χ4v) is 5.67. The molecule has 176 valence electrons. The number of sulfonamides is 1. The lowest BCUT2D eigenvalue weighted by molar-refractivity contribution is -0.939. The molecule has 0 amide bonds. The molecule has 3 rings (SSSR count). The van der Waals surface area contributed by atoms with Crippen LogP contribution in [0.2, 0.25) is 15.1 Å². The minimum absolute atomic E-state index is 0.0219. The number of nitrogens with one attached hydrogen (secondary N) is 4. The molecule has 1 saturated heterocycles. The molecular weight excluding hydrogens is 513 g/mol. The third-order valence-electron chi connectivity index (χ3n) is 5.01. The monoisotopic (exact) mass is 532 g/mol. The lowest BCUT2D eigenvalue weighted by Gasteiger charge is -2.36. The summed E-state index contributed by atoms with van der Waals surface area (Å²) < 4.78 is 26.2. The van der Waals surface area contributed by atoms with Crippen molar-refractivity contribution < 1.29 is 18.1 Å². The first-order valence-electron chi connectivity index (χ1n) is 9.59. The van der Waals surface area contributed by atoms with Crippen molar-refractivity contribution >= 4 is 62.2 Å². The van der Waals surface area contributed by atoms with Crippen LogP contribution in [0.4, 0.5) is 11.4 Å². The van der Waals surface area contributed by atoms with Gasteiger partial charge in [-0.05, 0) is 24.3 Å². The van der Waals surface area contributed by atoms with E-state index in [9.17, 15) is 18.8 Å². The average Bonchev–Trinajstić information content (AvgIpc) is 2.73. The van der Waals surface area contributed by atoms with Gasteiger partial charge in [0.15, 0.2) is 11.9 Å². The largest absolute Gasteiger partial charge is 0.504 e. The van der Waals surface area contributed by atoms with Gasteiger partial charge in [0.25, 0.3) is 10.0 Å². The molecule has 0 radical (unpaired) electrons. The smallest absolute Gasteiger partial charge is 0.287 e. The number of quaternary nitrogens is 1. The Kier molecular flexibility index (Phi) is 7.60. The highest BCUT2D eigenvalue weighted by molar-refractivity contribution is 7.89. The van der Waals surface area contributed by atoms with Crippen molar-refractivity contribution in [2.75, 3.05) is 43.4 Å². The predicted molar refractivity (Wildman–Crippen MR) is 128 cm³/mol. The number of nitriles is 1. The number of aromatic hydroxyl groups is 1. The van der Waals surface area contributed by atoms with Crippen molar-refractivity contribution in [1.29, 1.82) is 10.7 Å². The Balaban J connectivity index is 1.93. The number of halogens is 3. The molecule has 1 aliphatic heterocycles. The first kappa shape index (κ1) is 25.3. The number of hydrogen-bond acceptors (Lipinski definition) is 6. The van der Waals surface area contributed by atoms with Gasteiger partial charge < -0.3 is 15.7 Å². The first-order valence-corrected chi connectivity index (χ1v) is 12.2. The summed E-state index contributed by atoms with van der Waals surface area (Å²) in [5.74, 6) is -1.20. The van der Waals surface area contributed by atoms with Crippen molar-refractivity contribution in [3.8, 4) is 11.9 Å². The number of nitrogens with zero attached hydrogens (tertiary/aromatic N) is 3. The number of guanidine groups is 1. The maximum Gasteiger partial charge on any atom is 0.287 e. The topological polar surface area (TPSA) is 141 Å². The van der Waals surface area contributed by atoms with Crippen LogP contribution in [-0.4, -0.2) is 57.3 Å². The minimum atomic E-state index is -4.24. The molecule has 14 heteroatoms. The summed E-state index contributed by atoms with van der Waals surface area (Å²) in [6, 6.07) is 7.12. The molecule has 0 saturated carbocycles. The summed E-state index contributed by atoms with van der Waals surface area (Å²) in [6.45, 7) is 2.23. The maximum absolute atomic E-state index is 13.1. The number of anilines is 2. The zero-order valence-corrected chi connectivity index (χ0v) is 20.4. The van der Waals surface area contributed by atoms with E-state index < -0.39 is 26.6 Å². The Morgan fingerprint density at radius 3 is 2.52 bits per heavy atom. The SMILES string of the molecule is C[N+]1(NS(=O)(=O)c2c(Cl)ccc(NC(=N)N(C#N)c3cccc(Cl)c3Cl)c2O)CCNCC1. The van der Waals surface area contributed by atoms with E-state index in [-0.39, 0.29) is 31.0 Å². The van der Waals surface area contributed by atoms with Crippen LogP contribution in [0.1, 0.15) is 0 Å². The van der Waals surface area contributed by atoms with Crippen LogP contribution in [0.15, 0.2) is 35.2 Å². The van der Waals surface area contributed by atoms with Gasteiger partial charge in [0.2, 0.25) is 5.96 Å². The molecule has 0 aliphatic carbocycles. The fraction of sp³-hybridized carbons (Fsp3) is 0.263. The zero-order valence-electron chi connectivity index (χ0n) is 17.4. The van der Waals surface area contributed by atoms with Crippen molar-refractivity contribution in [2.24, 2.45) is 0 Å². The van der Waals surface area contributed by atoms with Gasteiger partial charge in [0, 0.05) is 13.1 Å². The molecule has 2 aromatic rings. The molecule has 0 bridgehead atoms. The molecule has 0 unspecified atom stereocenters. The van der Waals surface area contributed by atoms with Gasteiger partial charge in [-0.2, -0.15) is 5.26 Å². The van der Waals surface area contributed by atoms with E-state index in [0.29, 0.717) is 26.2 Å². The summed E-state index contributed by atoms with van der Waals surface area (Å²) in [5, 5.41) is 34.3. The van der Waals surface area contributed by atoms with Crippen molar-refractivity contribution in [3.63, 3.8) is 0 Å². The highest BCUT2D eigenvalue weighted by Crippen LogP contribution is 2.38. The zero-order chi connectivity index (χ0) is 24.4. The number of piperazine rings is 1. The highest BCUT2D eigenvalue weighted by atomic mass is 35.5. The van der Waals surface area contributed by atoms with Crippen LogP contribution in [-0.2, 0) is 10.0 Å². The Morgan fingerprint density at radius 1 is 1.21 bits per heavy atom. The van der Waals surface area contributed by atoms with E-state index in [0.717, 1.165) is 4.90 Å². The second-order valence-electron chi connectivity index (χ2n) is 7.44. The summed E-state index contributed by atoms with van der Waals surface area (Å²) >= 11 is 18.3. The number of likely N-dealkylation sites (N-methyl/N-ethyl adjacent to an activating group) is 1. The van der Waals surface area contributed by atoms with E-state index in [1.54, 1.807) is 19.3 Å². The van der Waals surface area contributed by atoms with Crippen molar-refractivity contribution in [3.05, 3.63) is 45.4 Å². The van der Waals surface area contributed by atoms with Crippen LogP contribution >= 0.6 is 34.8 Å². The van der Waals surface area contributed by atoms with Crippen LogP contribution in [0, 0.1) is 16.9 Å². The molecule has 0 aromatic heterocycles. The minimum Gasteiger partial charge on any atom is -0.504 e. The van der Waals surface area contributed by atoms with Crippen LogP contribution in [0.3, 0.4) is 0 Å². The average molecular weight is 534 g/mol. The maximum atomic E-state index is 13.1. The molecule has 10 nitrogen and oxygen atoms in total. The number of phenolic OH excluding ortho intramolecular Hbond substituents is 1. The Bertz CT molecular complexity index is 1230. The standard InChI is InChI=1S/C19H20Cl3N7O3S/c1-29(9-7-25-8-10-29)27-33(31,32)18-13(21)5-6-14(17(18)30)26-19(24)28(11-23)15-4-2-3-12(20)16(15)22/h2-6,25,27H,7-10H2,1H3,(H2-,24,26,30)/p+1. The summed E-state index contributed by atoms with van der Waals surface area (Å²) in [7, 11) is -2.52. The number of rotatable bonds is 5. The van der Waals surface area contributed by atoms with Gasteiger partial charge in [-0.25, -0.2) is 17.9 Å². The van der Waals surface area contributed by atoms with Crippen LogP contribution < -0.4 is 20.4 Å². The van der Waals surface area contributed by atoms with Crippen molar-refractivity contribution in [1.82, 2.24) is 10.1 Å². The van der Waals surface area contributed by atoms with E-state index in [1.807, 2.05) is 0 Å². The molecule has 1 heterocycles. The fourth-order valence-electron chi connectivity index (χ4n) is 3.29. The van der Waals surface area contributed by atoms with E-state index in [2.05, 4.69) is 15.5 Å². The van der Waals surface area contributed by atoms with Crippen LogP contribution in [0.25, 0.3) is 0 Å². The third kappa shape index (κ3) is 5.44. The van der Waals surface area contributed by atoms with Gasteiger partial charge in [0.1, 0.15) is 18.0 Å². The number of phenols is 1. The molecule has 33 heavy (non-hydrogen) atoms. The molecule has 5 N–H and O–H groups in total. The van der Waals surface area contributed by atoms with Gasteiger partial charge in [-0.3, -0.25) is 5.41 Å². The lowest BCUT2D eigenvalue weighted by atomic mass is 10.2. The van der Waals surface area contributed by atoms with Gasteiger partial charge in [-0.1, -0.05) is 45.7 Å². The van der Waals surface area contributed by atoms with E-state index >= 15 is 0 Å². The number of hydrogen-bond donors (Lipinski definition) is 5. The molecular formula is C19H21Cl3N7O3S+. The second-order valence-corrected chi connectivity index (χ2v) is 10.2. The van der Waals surface area contributed by atoms with E-state index in [1.165, 1.54) is 24.3 Å². The van der Waals surface area contributed by atoms with Gasteiger partial charge >= 0.3 is 0 Å². The Hall–Kier alpha value is -2.30. The summed E-state index contributed by atoms with van der Waals surface area (Å²) in [5.41, 5.74) is -0.0191. The third-order valence-corrected chi connectivity index (χ3v) is 7.87. The molecule has 0 spiro atoms. The van der Waals surface area contributed by atoms with E-state index in [4.69, 9.17) is 40.2 Å². The molecule has 0 atom stereocenters.